The first-order valence-electron chi connectivity index (χ1n) is 6.12. The van der Waals surface area contributed by atoms with Crippen molar-refractivity contribution in [2.45, 2.75) is 25.4 Å². The summed E-state index contributed by atoms with van der Waals surface area (Å²) in [5.74, 6) is -8.09. The molecule has 2 aliphatic carbocycles. The Morgan fingerprint density at radius 2 is 1.75 bits per heavy atom. The largest absolute Gasteiger partial charge is 0.461 e. The van der Waals surface area contributed by atoms with Gasteiger partial charge in [0.1, 0.15) is 6.10 Å². The second-order valence-corrected chi connectivity index (χ2v) is 5.00. The van der Waals surface area contributed by atoms with Crippen LogP contribution >= 0.6 is 0 Å². The van der Waals surface area contributed by atoms with Crippen LogP contribution in [-0.2, 0) is 16.0 Å². The van der Waals surface area contributed by atoms with E-state index in [2.05, 4.69) is 0 Å². The number of benzene rings is 1. The van der Waals surface area contributed by atoms with Crippen LogP contribution in [0.1, 0.15) is 24.0 Å². The monoisotopic (exact) mass is 286 g/mol. The lowest BCUT2D eigenvalue weighted by Gasteiger charge is -2.32. The number of rotatable bonds is 1. The van der Waals surface area contributed by atoms with Crippen molar-refractivity contribution >= 4 is 5.97 Å². The van der Waals surface area contributed by atoms with Crippen LogP contribution in [0.25, 0.3) is 0 Å². The molecule has 0 saturated heterocycles. The summed E-state index contributed by atoms with van der Waals surface area (Å²) in [7, 11) is 0. The summed E-state index contributed by atoms with van der Waals surface area (Å²) in [6.45, 7) is 1.21. The van der Waals surface area contributed by atoms with Gasteiger partial charge in [-0.15, -0.1) is 0 Å². The highest BCUT2D eigenvalue weighted by atomic mass is 19.2. The minimum absolute atomic E-state index is 0.0275. The van der Waals surface area contributed by atoms with Gasteiger partial charge in [0.05, 0.1) is 0 Å². The lowest BCUT2D eigenvalue weighted by atomic mass is 9.79. The van der Waals surface area contributed by atoms with Gasteiger partial charge in [-0.05, 0) is 12.0 Å². The predicted octanol–water partition coefficient (Wildman–Crippen LogP) is 3.00. The molecule has 0 N–H and O–H groups in total. The van der Waals surface area contributed by atoms with Crippen molar-refractivity contribution < 1.29 is 27.1 Å². The molecule has 0 aromatic heterocycles. The highest BCUT2D eigenvalue weighted by molar-refractivity contribution is 5.66. The van der Waals surface area contributed by atoms with E-state index in [0.29, 0.717) is 0 Å². The van der Waals surface area contributed by atoms with E-state index in [9.17, 15) is 22.4 Å². The number of halogens is 4. The van der Waals surface area contributed by atoms with Crippen molar-refractivity contribution in [1.82, 2.24) is 0 Å². The Kier molecular flexibility index (Phi) is 2.84. The van der Waals surface area contributed by atoms with Crippen molar-refractivity contribution in [3.8, 4) is 0 Å². The number of fused-ring (bicyclic) bond motifs is 4. The SMILES string of the molecule is CC(=O)OC1[C@@H]2C=C[C@H]1c1c(F)c(F)c(F)c(F)c1C2. The van der Waals surface area contributed by atoms with Gasteiger partial charge in [-0.3, -0.25) is 4.79 Å². The number of hydrogen-bond acceptors (Lipinski definition) is 2. The molecular weight excluding hydrogens is 276 g/mol. The van der Waals surface area contributed by atoms with Crippen LogP contribution in [0.5, 0.6) is 0 Å². The molecule has 3 rings (SSSR count). The lowest BCUT2D eigenvalue weighted by Crippen LogP contribution is -2.34. The Hall–Kier alpha value is -1.85. The van der Waals surface area contributed by atoms with E-state index in [4.69, 9.17) is 4.74 Å². The van der Waals surface area contributed by atoms with Crippen molar-refractivity contribution in [2.24, 2.45) is 5.92 Å². The summed E-state index contributed by atoms with van der Waals surface area (Å²) in [6, 6.07) is 0. The summed E-state index contributed by atoms with van der Waals surface area (Å²) in [5, 5.41) is 0. The van der Waals surface area contributed by atoms with Crippen molar-refractivity contribution in [2.75, 3.05) is 0 Å². The second kappa shape index (κ2) is 4.33. The number of carbonyl (C=O) groups is 1. The smallest absolute Gasteiger partial charge is 0.302 e. The zero-order valence-electron chi connectivity index (χ0n) is 10.4. The molecule has 106 valence electrons. The third kappa shape index (κ3) is 1.67. The van der Waals surface area contributed by atoms with E-state index in [1.165, 1.54) is 6.92 Å². The molecule has 6 heteroatoms. The van der Waals surface area contributed by atoms with Gasteiger partial charge in [0.15, 0.2) is 23.3 Å². The Bertz CT molecular complexity index is 639. The fourth-order valence-electron chi connectivity index (χ4n) is 3.02. The van der Waals surface area contributed by atoms with Crippen LogP contribution < -0.4 is 0 Å². The van der Waals surface area contributed by atoms with Gasteiger partial charge in [-0.2, -0.15) is 0 Å². The Labute approximate surface area is 112 Å². The minimum atomic E-state index is -1.83. The molecule has 0 spiro atoms. The first kappa shape index (κ1) is 13.1. The second-order valence-electron chi connectivity index (χ2n) is 5.00. The highest BCUT2D eigenvalue weighted by Crippen LogP contribution is 2.46. The lowest BCUT2D eigenvalue weighted by molar-refractivity contribution is -0.148. The Balaban J connectivity index is 2.16. The fraction of sp³-hybridized carbons (Fsp3) is 0.357. The van der Waals surface area contributed by atoms with Crippen LogP contribution in [0, 0.1) is 29.2 Å². The molecule has 1 aromatic carbocycles. The molecule has 3 atom stereocenters. The van der Waals surface area contributed by atoms with Crippen LogP contribution in [0.3, 0.4) is 0 Å². The average molecular weight is 286 g/mol. The zero-order valence-corrected chi connectivity index (χ0v) is 10.4. The Morgan fingerprint density at radius 3 is 2.40 bits per heavy atom. The number of carbonyl (C=O) groups excluding carboxylic acids is 1. The summed E-state index contributed by atoms with van der Waals surface area (Å²) >= 11 is 0. The molecule has 0 radical (unpaired) electrons. The van der Waals surface area contributed by atoms with Gasteiger partial charge in [-0.25, -0.2) is 17.6 Å². The molecule has 2 aliphatic rings. The van der Waals surface area contributed by atoms with E-state index < -0.39 is 41.3 Å². The van der Waals surface area contributed by atoms with Crippen LogP contribution in [0.2, 0.25) is 0 Å². The van der Waals surface area contributed by atoms with Gasteiger partial charge in [0.25, 0.3) is 0 Å². The zero-order chi connectivity index (χ0) is 14.6. The summed E-state index contributed by atoms with van der Waals surface area (Å²) in [5.41, 5.74) is -0.428. The van der Waals surface area contributed by atoms with E-state index in [1.54, 1.807) is 12.2 Å². The maximum Gasteiger partial charge on any atom is 0.302 e. The number of ether oxygens (including phenoxy) is 1. The third-order valence-corrected chi connectivity index (χ3v) is 3.82. The maximum absolute atomic E-state index is 13.9. The van der Waals surface area contributed by atoms with Gasteiger partial charge >= 0.3 is 5.97 Å². The number of esters is 1. The molecule has 2 nitrogen and oxygen atoms in total. The van der Waals surface area contributed by atoms with Crippen molar-refractivity contribution in [3.63, 3.8) is 0 Å². The number of hydrogen-bond donors (Lipinski definition) is 0. The van der Waals surface area contributed by atoms with E-state index in [1.807, 2.05) is 0 Å². The van der Waals surface area contributed by atoms with Gasteiger partial charge in [-0.1, -0.05) is 12.2 Å². The minimum Gasteiger partial charge on any atom is -0.461 e. The Morgan fingerprint density at radius 1 is 1.10 bits per heavy atom. The molecular formula is C14H10F4O2. The standard InChI is InChI=1S/C14H10F4O2/c1-5(19)20-14-6-2-3-7(14)9-8(4-6)10(15)12(17)13(18)11(9)16/h2-3,6-7,14H,4H2,1H3/t6-,7+,14?/m1/s1. The van der Waals surface area contributed by atoms with Crippen LogP contribution in [0.15, 0.2) is 12.2 Å². The quantitative estimate of drug-likeness (QED) is 0.261. The maximum atomic E-state index is 13.9. The summed E-state index contributed by atoms with van der Waals surface area (Å²) in [6.07, 6.45) is 2.48. The van der Waals surface area contributed by atoms with Crippen LogP contribution in [0.4, 0.5) is 17.6 Å². The molecule has 20 heavy (non-hydrogen) atoms. The van der Waals surface area contributed by atoms with Crippen molar-refractivity contribution in [3.05, 3.63) is 46.5 Å². The predicted molar refractivity (Wildman–Crippen MR) is 60.9 cm³/mol. The molecule has 1 unspecified atom stereocenters. The first-order valence-corrected chi connectivity index (χ1v) is 6.12. The topological polar surface area (TPSA) is 26.3 Å². The normalized spacial score (nSPS) is 26.6. The van der Waals surface area contributed by atoms with E-state index in [-0.39, 0.29) is 23.5 Å². The molecule has 0 heterocycles. The van der Waals surface area contributed by atoms with Crippen molar-refractivity contribution in [1.29, 1.82) is 0 Å². The van der Waals surface area contributed by atoms with E-state index in [0.717, 1.165) is 0 Å². The van der Waals surface area contributed by atoms with E-state index >= 15 is 0 Å². The molecule has 1 aromatic rings. The fourth-order valence-corrected chi connectivity index (χ4v) is 3.02. The molecule has 0 saturated carbocycles. The average Bonchev–Trinajstić information content (AvgIpc) is 2.66. The van der Waals surface area contributed by atoms with Gasteiger partial charge < -0.3 is 4.74 Å². The molecule has 0 aliphatic heterocycles. The van der Waals surface area contributed by atoms with Gasteiger partial charge in [0.2, 0.25) is 0 Å². The molecule has 0 fully saturated rings. The summed E-state index contributed by atoms with van der Waals surface area (Å²) in [4.78, 5) is 11.1. The first-order chi connectivity index (χ1) is 9.41. The third-order valence-electron chi connectivity index (χ3n) is 3.82. The molecule has 2 bridgehead atoms. The van der Waals surface area contributed by atoms with Gasteiger partial charge in [0, 0.05) is 24.3 Å². The highest BCUT2D eigenvalue weighted by Gasteiger charge is 2.45. The molecule has 0 amide bonds. The summed E-state index contributed by atoms with van der Waals surface area (Å²) < 4.78 is 59.4. The van der Waals surface area contributed by atoms with Crippen LogP contribution in [-0.4, -0.2) is 12.1 Å².